The predicted octanol–water partition coefficient (Wildman–Crippen LogP) is 1.41. The van der Waals surface area contributed by atoms with Crippen molar-refractivity contribution >= 4 is 12.2 Å². The highest BCUT2D eigenvalue weighted by Gasteiger charge is 1.95. The summed E-state index contributed by atoms with van der Waals surface area (Å²) in [6, 6.07) is 0.382. The van der Waals surface area contributed by atoms with Crippen LogP contribution in [0.1, 0.15) is 5.82 Å². The number of rotatable bonds is 3. The summed E-state index contributed by atoms with van der Waals surface area (Å²) in [5.74, 6) is 0.689. The van der Waals surface area contributed by atoms with Crippen molar-refractivity contribution in [2.24, 2.45) is 0 Å². The number of H-pyrrole nitrogens is 1. The largest absolute Gasteiger partial charge is 0.460 e. The highest BCUT2D eigenvalue weighted by Crippen LogP contribution is 1.99. The van der Waals surface area contributed by atoms with Crippen LogP contribution in [0.3, 0.4) is 0 Å². The maximum atomic E-state index is 5.13. The first-order valence-corrected chi connectivity index (χ1v) is 3.82. The second-order valence-corrected chi connectivity index (χ2v) is 2.49. The third kappa shape index (κ3) is 2.43. The van der Waals surface area contributed by atoms with E-state index in [1.807, 2.05) is 0 Å². The molecule has 0 spiro atoms. The van der Waals surface area contributed by atoms with Crippen LogP contribution in [0.15, 0.2) is 12.7 Å². The summed E-state index contributed by atoms with van der Waals surface area (Å²) in [6.07, 6.45) is 1.63. The van der Waals surface area contributed by atoms with Gasteiger partial charge in [0.05, 0.1) is 0 Å². The van der Waals surface area contributed by atoms with Gasteiger partial charge < -0.3 is 4.74 Å². The van der Waals surface area contributed by atoms with Crippen LogP contribution in [-0.2, 0) is 0 Å². The molecule has 5 heteroatoms. The Balaban J connectivity index is 2.85. The highest BCUT2D eigenvalue weighted by atomic mass is 32.1. The van der Waals surface area contributed by atoms with E-state index in [0.717, 1.165) is 0 Å². The monoisotopic (exact) mass is 183 g/mol. The molecule has 0 saturated heterocycles. The molecule has 0 fully saturated rings. The number of aryl methyl sites for hydroxylation is 1. The lowest BCUT2D eigenvalue weighted by Crippen LogP contribution is -2.01. The molecule has 0 aromatic carbocycles. The summed E-state index contributed by atoms with van der Waals surface area (Å²) in [5, 5.41) is 0. The summed E-state index contributed by atoms with van der Waals surface area (Å²) >= 11 is 4.79. The first kappa shape index (κ1) is 8.86. The van der Waals surface area contributed by atoms with Crippen LogP contribution in [-0.4, -0.2) is 21.6 Å². The fraction of sp³-hybridized carbons (Fsp3) is 0.286. The number of hydrogen-bond acceptors (Lipinski definition) is 4. The van der Waals surface area contributed by atoms with Crippen LogP contribution in [0, 0.1) is 11.7 Å². The SMILES string of the molecule is C=CCOc1nc(=S)nc(C)[nH]1. The van der Waals surface area contributed by atoms with Crippen LogP contribution < -0.4 is 4.74 Å². The average Bonchev–Trinajstić information content (AvgIpc) is 1.99. The molecular weight excluding hydrogens is 174 g/mol. The lowest BCUT2D eigenvalue weighted by Gasteiger charge is -2.01. The molecule has 0 unspecified atom stereocenters. The Kier molecular flexibility index (Phi) is 2.93. The minimum atomic E-state index is 0.283. The van der Waals surface area contributed by atoms with E-state index in [4.69, 9.17) is 17.0 Å². The van der Waals surface area contributed by atoms with Gasteiger partial charge >= 0.3 is 0 Å². The molecule has 0 bridgehead atoms. The van der Waals surface area contributed by atoms with Gasteiger partial charge in [0, 0.05) is 0 Å². The highest BCUT2D eigenvalue weighted by molar-refractivity contribution is 7.71. The minimum Gasteiger partial charge on any atom is -0.460 e. The zero-order valence-electron chi connectivity index (χ0n) is 6.70. The van der Waals surface area contributed by atoms with E-state index in [-0.39, 0.29) is 4.77 Å². The number of nitrogens with zero attached hydrogens (tertiary/aromatic N) is 2. The van der Waals surface area contributed by atoms with Gasteiger partial charge in [-0.1, -0.05) is 12.7 Å². The number of hydrogen-bond donors (Lipinski definition) is 1. The van der Waals surface area contributed by atoms with Gasteiger partial charge in [0.2, 0.25) is 4.77 Å². The van der Waals surface area contributed by atoms with Crippen molar-refractivity contribution < 1.29 is 4.74 Å². The molecule has 0 atom stereocenters. The molecule has 12 heavy (non-hydrogen) atoms. The smallest absolute Gasteiger partial charge is 0.297 e. The summed E-state index contributed by atoms with van der Waals surface area (Å²) in [5.41, 5.74) is 0. The predicted molar refractivity (Wildman–Crippen MR) is 47.6 cm³/mol. The van der Waals surface area contributed by atoms with Gasteiger partial charge in [0.1, 0.15) is 12.4 Å². The molecule has 0 aliphatic carbocycles. The van der Waals surface area contributed by atoms with E-state index >= 15 is 0 Å². The van der Waals surface area contributed by atoms with E-state index in [1.54, 1.807) is 13.0 Å². The Bertz CT molecular complexity index is 334. The van der Waals surface area contributed by atoms with Crippen molar-refractivity contribution in [1.29, 1.82) is 0 Å². The summed E-state index contributed by atoms with van der Waals surface area (Å²) in [6.45, 7) is 5.71. The molecule has 1 N–H and O–H groups in total. The molecule has 1 rings (SSSR count). The van der Waals surface area contributed by atoms with Crippen LogP contribution in [0.2, 0.25) is 0 Å². The fourth-order valence-electron chi connectivity index (χ4n) is 0.672. The number of nitrogens with one attached hydrogen (secondary N) is 1. The molecular formula is C7H9N3OS. The van der Waals surface area contributed by atoms with Crippen molar-refractivity contribution in [2.75, 3.05) is 6.61 Å². The Hall–Kier alpha value is -1.23. The number of aromatic nitrogens is 3. The van der Waals surface area contributed by atoms with Crippen molar-refractivity contribution in [3.8, 4) is 6.01 Å². The van der Waals surface area contributed by atoms with Gasteiger partial charge in [0.15, 0.2) is 0 Å². The Morgan fingerprint density at radius 2 is 2.42 bits per heavy atom. The number of aromatic amines is 1. The zero-order valence-corrected chi connectivity index (χ0v) is 7.52. The quantitative estimate of drug-likeness (QED) is 0.568. The minimum absolute atomic E-state index is 0.283. The normalized spacial score (nSPS) is 9.42. The van der Waals surface area contributed by atoms with E-state index in [9.17, 15) is 0 Å². The first-order chi connectivity index (χ1) is 5.72. The van der Waals surface area contributed by atoms with Crippen molar-refractivity contribution in [3.63, 3.8) is 0 Å². The fourth-order valence-corrected chi connectivity index (χ4v) is 0.892. The number of ether oxygens (including phenoxy) is 1. The third-order valence-corrected chi connectivity index (χ3v) is 1.27. The zero-order chi connectivity index (χ0) is 8.97. The average molecular weight is 183 g/mol. The van der Waals surface area contributed by atoms with Crippen molar-refractivity contribution in [1.82, 2.24) is 15.0 Å². The maximum absolute atomic E-state index is 5.13. The third-order valence-electron chi connectivity index (χ3n) is 1.09. The molecule has 1 aromatic heterocycles. The second-order valence-electron chi connectivity index (χ2n) is 2.12. The van der Waals surface area contributed by atoms with E-state index < -0.39 is 0 Å². The molecule has 0 saturated carbocycles. The molecule has 0 radical (unpaired) electrons. The van der Waals surface area contributed by atoms with Gasteiger partial charge in [-0.05, 0) is 19.1 Å². The summed E-state index contributed by atoms with van der Waals surface area (Å²) < 4.78 is 5.41. The van der Waals surface area contributed by atoms with Crippen LogP contribution >= 0.6 is 12.2 Å². The molecule has 1 heterocycles. The molecule has 4 nitrogen and oxygen atoms in total. The second kappa shape index (κ2) is 3.96. The Labute approximate surface area is 75.3 Å². The molecule has 0 aliphatic heterocycles. The maximum Gasteiger partial charge on any atom is 0.297 e. The van der Waals surface area contributed by atoms with E-state index in [2.05, 4.69) is 21.5 Å². The molecule has 0 aliphatic rings. The molecule has 1 aromatic rings. The van der Waals surface area contributed by atoms with Crippen molar-refractivity contribution in [2.45, 2.75) is 6.92 Å². The Morgan fingerprint density at radius 3 is 3.00 bits per heavy atom. The standard InChI is InChI=1S/C7H9N3OS/c1-3-4-11-6-8-5(2)9-7(12)10-6/h3H,1,4H2,2H3,(H,8,9,10,12). The Morgan fingerprint density at radius 1 is 1.67 bits per heavy atom. The van der Waals surface area contributed by atoms with Crippen LogP contribution in [0.25, 0.3) is 0 Å². The van der Waals surface area contributed by atoms with Crippen LogP contribution in [0.4, 0.5) is 0 Å². The topological polar surface area (TPSA) is 50.8 Å². The lowest BCUT2D eigenvalue weighted by molar-refractivity contribution is 0.330. The van der Waals surface area contributed by atoms with Gasteiger partial charge in [-0.15, -0.1) is 0 Å². The first-order valence-electron chi connectivity index (χ1n) is 3.41. The van der Waals surface area contributed by atoms with Gasteiger partial charge in [-0.2, -0.15) is 4.98 Å². The van der Waals surface area contributed by atoms with Crippen LogP contribution in [0.5, 0.6) is 6.01 Å². The van der Waals surface area contributed by atoms with Gasteiger partial charge in [-0.25, -0.2) is 4.98 Å². The van der Waals surface area contributed by atoms with E-state index in [0.29, 0.717) is 18.4 Å². The van der Waals surface area contributed by atoms with Crippen molar-refractivity contribution in [3.05, 3.63) is 23.3 Å². The summed E-state index contributed by atoms with van der Waals surface area (Å²) in [4.78, 5) is 10.6. The lowest BCUT2D eigenvalue weighted by atomic mass is 10.7. The molecule has 64 valence electrons. The molecule has 0 amide bonds. The van der Waals surface area contributed by atoms with E-state index in [1.165, 1.54) is 0 Å². The summed E-state index contributed by atoms with van der Waals surface area (Å²) in [7, 11) is 0. The van der Waals surface area contributed by atoms with Gasteiger partial charge in [-0.3, -0.25) is 4.98 Å². The van der Waals surface area contributed by atoms with Gasteiger partial charge in [0.25, 0.3) is 6.01 Å².